The van der Waals surface area contributed by atoms with Gasteiger partial charge in [-0.05, 0) is 45.2 Å². The van der Waals surface area contributed by atoms with Gasteiger partial charge >= 0.3 is 5.97 Å². The van der Waals surface area contributed by atoms with Crippen LogP contribution in [0.15, 0.2) is 16.5 Å². The molecule has 4 heteroatoms. The minimum Gasteiger partial charge on any atom is -0.463 e. The van der Waals surface area contributed by atoms with Crippen LogP contribution in [-0.4, -0.2) is 30.1 Å². The molecule has 3 atom stereocenters. The van der Waals surface area contributed by atoms with Crippen molar-refractivity contribution in [3.63, 3.8) is 0 Å². The van der Waals surface area contributed by atoms with Crippen LogP contribution < -0.4 is 0 Å². The molecule has 0 N–H and O–H groups in total. The van der Waals surface area contributed by atoms with Gasteiger partial charge in [-0.2, -0.15) is 0 Å². The molecule has 1 aromatic heterocycles. The molecular weight excluding hydrogens is 242 g/mol. The van der Waals surface area contributed by atoms with Crippen LogP contribution in [0.25, 0.3) is 0 Å². The Morgan fingerprint density at radius 2 is 2.26 bits per heavy atom. The predicted octanol–water partition coefficient (Wildman–Crippen LogP) is 3.39. The number of likely N-dealkylation sites (tertiary alicyclic amines) is 1. The Bertz CT molecular complexity index is 440. The van der Waals surface area contributed by atoms with Crippen molar-refractivity contribution in [2.24, 2.45) is 0 Å². The lowest BCUT2D eigenvalue weighted by Crippen LogP contribution is -2.36. The fourth-order valence-corrected chi connectivity index (χ4v) is 3.14. The molecule has 0 radical (unpaired) electrons. The summed E-state index contributed by atoms with van der Waals surface area (Å²) < 4.78 is 10.3. The van der Waals surface area contributed by atoms with Crippen molar-refractivity contribution in [3.8, 4) is 0 Å². The van der Waals surface area contributed by atoms with Crippen LogP contribution in [0, 0.1) is 0 Å². The zero-order valence-electron chi connectivity index (χ0n) is 12.2. The second kappa shape index (κ2) is 5.78. The average molecular weight is 265 g/mol. The Hall–Kier alpha value is -1.29. The summed E-state index contributed by atoms with van der Waals surface area (Å²) in [5.74, 6) is 0.705. The largest absolute Gasteiger partial charge is 0.463 e. The van der Waals surface area contributed by atoms with Gasteiger partial charge in [0.15, 0.2) is 0 Å². The van der Waals surface area contributed by atoms with Crippen LogP contribution in [0.3, 0.4) is 0 Å². The Morgan fingerprint density at radius 1 is 1.53 bits per heavy atom. The molecule has 0 spiro atoms. The summed E-state index contributed by atoms with van der Waals surface area (Å²) in [6.07, 6.45) is 3.62. The van der Waals surface area contributed by atoms with E-state index < -0.39 is 5.97 Å². The summed E-state index contributed by atoms with van der Waals surface area (Å²) in [5, 5.41) is 0. The van der Waals surface area contributed by atoms with Crippen molar-refractivity contribution in [2.45, 2.75) is 58.2 Å². The topological polar surface area (TPSA) is 42.7 Å². The summed E-state index contributed by atoms with van der Waals surface area (Å²) >= 11 is 0. The van der Waals surface area contributed by atoms with Crippen molar-refractivity contribution in [2.75, 3.05) is 7.11 Å². The van der Waals surface area contributed by atoms with E-state index in [9.17, 15) is 4.79 Å². The molecular formula is C15H23NO3. The van der Waals surface area contributed by atoms with E-state index in [0.29, 0.717) is 12.1 Å². The van der Waals surface area contributed by atoms with Crippen LogP contribution in [-0.2, 0) is 4.74 Å². The number of ether oxygens (including phenoxy) is 1. The van der Waals surface area contributed by atoms with Gasteiger partial charge in [-0.1, -0.05) is 6.92 Å². The lowest BCUT2D eigenvalue weighted by atomic mass is 10.1. The summed E-state index contributed by atoms with van der Waals surface area (Å²) in [6.45, 7) is 6.63. The van der Waals surface area contributed by atoms with Gasteiger partial charge in [-0.15, -0.1) is 0 Å². The molecule has 106 valence electrons. The molecule has 0 amide bonds. The molecule has 0 saturated carbocycles. The average Bonchev–Trinajstić information content (AvgIpc) is 3.03. The highest BCUT2D eigenvalue weighted by Gasteiger charge is 2.34. The standard InChI is InChI=1S/C15H23NO3/c1-5-12-7-6-10(2)16(12)11(3)13-8-9-14(19-13)15(17)18-4/h8-12H,5-7H2,1-4H3. The molecule has 1 saturated heterocycles. The van der Waals surface area contributed by atoms with E-state index in [1.807, 2.05) is 6.07 Å². The number of esters is 1. The maximum absolute atomic E-state index is 11.4. The van der Waals surface area contributed by atoms with Crippen molar-refractivity contribution in [3.05, 3.63) is 23.7 Å². The minimum atomic E-state index is -0.417. The van der Waals surface area contributed by atoms with Gasteiger partial charge in [-0.3, -0.25) is 4.90 Å². The first-order chi connectivity index (χ1) is 9.08. The zero-order chi connectivity index (χ0) is 14.0. The van der Waals surface area contributed by atoms with Crippen molar-refractivity contribution in [1.82, 2.24) is 4.90 Å². The molecule has 1 aliphatic heterocycles. The van der Waals surface area contributed by atoms with E-state index >= 15 is 0 Å². The summed E-state index contributed by atoms with van der Waals surface area (Å²) in [4.78, 5) is 13.9. The molecule has 2 heterocycles. The van der Waals surface area contributed by atoms with Crippen LogP contribution in [0.4, 0.5) is 0 Å². The fourth-order valence-electron chi connectivity index (χ4n) is 3.14. The van der Waals surface area contributed by atoms with Crippen LogP contribution in [0.5, 0.6) is 0 Å². The van der Waals surface area contributed by atoms with E-state index in [4.69, 9.17) is 4.42 Å². The normalized spacial score (nSPS) is 25.5. The smallest absolute Gasteiger partial charge is 0.373 e. The number of carbonyl (C=O) groups is 1. The lowest BCUT2D eigenvalue weighted by molar-refractivity contribution is 0.0555. The third kappa shape index (κ3) is 2.68. The summed E-state index contributed by atoms with van der Waals surface area (Å²) in [7, 11) is 1.36. The van der Waals surface area contributed by atoms with Gasteiger partial charge in [0.2, 0.25) is 5.76 Å². The SMILES string of the molecule is CCC1CCC(C)N1C(C)c1ccc(C(=O)OC)o1. The van der Waals surface area contributed by atoms with Gasteiger partial charge in [0, 0.05) is 12.1 Å². The summed E-state index contributed by atoms with van der Waals surface area (Å²) in [5.41, 5.74) is 0. The maximum Gasteiger partial charge on any atom is 0.373 e. The molecule has 0 aliphatic carbocycles. The minimum absolute atomic E-state index is 0.195. The monoisotopic (exact) mass is 265 g/mol. The van der Waals surface area contributed by atoms with Crippen molar-refractivity contribution < 1.29 is 13.9 Å². The van der Waals surface area contributed by atoms with Crippen LogP contribution in [0.1, 0.15) is 62.4 Å². The van der Waals surface area contributed by atoms with Gasteiger partial charge in [0.05, 0.1) is 13.2 Å². The molecule has 0 aromatic carbocycles. The third-order valence-electron chi connectivity index (χ3n) is 4.19. The molecule has 0 bridgehead atoms. The first-order valence-corrected chi connectivity index (χ1v) is 7.04. The van der Waals surface area contributed by atoms with Crippen molar-refractivity contribution >= 4 is 5.97 Å². The van der Waals surface area contributed by atoms with Crippen LogP contribution in [0.2, 0.25) is 0 Å². The number of hydrogen-bond acceptors (Lipinski definition) is 4. The van der Waals surface area contributed by atoms with Gasteiger partial charge in [0.25, 0.3) is 0 Å². The van der Waals surface area contributed by atoms with Gasteiger partial charge in [0.1, 0.15) is 5.76 Å². The lowest BCUT2D eigenvalue weighted by Gasteiger charge is -2.32. The van der Waals surface area contributed by atoms with E-state index in [1.165, 1.54) is 20.0 Å². The van der Waals surface area contributed by atoms with E-state index in [2.05, 4.69) is 30.4 Å². The number of carbonyl (C=O) groups excluding carboxylic acids is 1. The van der Waals surface area contributed by atoms with Crippen LogP contribution >= 0.6 is 0 Å². The molecule has 1 aromatic rings. The van der Waals surface area contributed by atoms with E-state index in [0.717, 1.165) is 12.2 Å². The highest BCUT2D eigenvalue weighted by atomic mass is 16.5. The number of furan rings is 1. The van der Waals surface area contributed by atoms with Crippen molar-refractivity contribution in [1.29, 1.82) is 0 Å². The first-order valence-electron chi connectivity index (χ1n) is 7.04. The number of rotatable bonds is 4. The quantitative estimate of drug-likeness (QED) is 0.783. The molecule has 2 rings (SSSR count). The Kier molecular flexibility index (Phi) is 4.30. The maximum atomic E-state index is 11.4. The van der Waals surface area contributed by atoms with Gasteiger partial charge < -0.3 is 9.15 Å². The Morgan fingerprint density at radius 3 is 2.89 bits per heavy atom. The molecule has 19 heavy (non-hydrogen) atoms. The Balaban J connectivity index is 2.16. The van der Waals surface area contributed by atoms with E-state index in [1.54, 1.807) is 6.07 Å². The zero-order valence-corrected chi connectivity index (χ0v) is 12.2. The highest BCUT2D eigenvalue weighted by molar-refractivity contribution is 5.86. The second-order valence-corrected chi connectivity index (χ2v) is 5.31. The molecule has 3 unspecified atom stereocenters. The van der Waals surface area contributed by atoms with E-state index in [-0.39, 0.29) is 11.8 Å². The number of methoxy groups -OCH3 is 1. The number of hydrogen-bond donors (Lipinski definition) is 0. The predicted molar refractivity (Wildman–Crippen MR) is 73.1 cm³/mol. The summed E-state index contributed by atoms with van der Waals surface area (Å²) in [6, 6.07) is 4.94. The number of nitrogens with zero attached hydrogens (tertiary/aromatic N) is 1. The second-order valence-electron chi connectivity index (χ2n) is 5.31. The fraction of sp³-hybridized carbons (Fsp3) is 0.667. The molecule has 4 nitrogen and oxygen atoms in total. The highest BCUT2D eigenvalue weighted by Crippen LogP contribution is 2.35. The Labute approximate surface area is 114 Å². The third-order valence-corrected chi connectivity index (χ3v) is 4.19. The van der Waals surface area contributed by atoms with Gasteiger partial charge in [-0.25, -0.2) is 4.79 Å². The molecule has 1 fully saturated rings. The molecule has 1 aliphatic rings. The first kappa shape index (κ1) is 14.1.